The van der Waals surface area contributed by atoms with E-state index >= 15 is 0 Å². The Bertz CT molecular complexity index is 804. The number of hydrogen-bond donors (Lipinski definition) is 1. The first-order valence-electron chi connectivity index (χ1n) is 10.7. The fourth-order valence-electron chi connectivity index (χ4n) is 5.11. The molecule has 1 aliphatic carbocycles. The van der Waals surface area contributed by atoms with Crippen LogP contribution in [0.1, 0.15) is 49.7 Å². The van der Waals surface area contributed by atoms with E-state index < -0.39 is 5.41 Å². The first-order chi connectivity index (χ1) is 14.2. The first-order valence-corrected chi connectivity index (χ1v) is 10.7. The highest BCUT2D eigenvalue weighted by atomic mass is 16.5. The zero-order valence-electron chi connectivity index (χ0n) is 17.3. The van der Waals surface area contributed by atoms with Gasteiger partial charge in [-0.25, -0.2) is 0 Å². The summed E-state index contributed by atoms with van der Waals surface area (Å²) in [5.41, 5.74) is 1.94. The van der Waals surface area contributed by atoms with Gasteiger partial charge in [-0.05, 0) is 48.9 Å². The molecule has 2 aliphatic rings. The molecule has 0 bridgehead atoms. The summed E-state index contributed by atoms with van der Waals surface area (Å²) < 4.78 is 10.9. The zero-order valence-corrected chi connectivity index (χ0v) is 17.3. The molecule has 0 aromatic heterocycles. The van der Waals surface area contributed by atoms with Crippen molar-refractivity contribution in [2.75, 3.05) is 26.9 Å². The van der Waals surface area contributed by atoms with E-state index in [0.29, 0.717) is 19.8 Å². The van der Waals surface area contributed by atoms with Crippen LogP contribution in [0, 0.1) is 0 Å². The van der Waals surface area contributed by atoms with Crippen LogP contribution in [-0.4, -0.2) is 32.8 Å². The monoisotopic (exact) mass is 393 g/mol. The van der Waals surface area contributed by atoms with E-state index in [1.165, 1.54) is 18.4 Å². The Balaban J connectivity index is 1.55. The van der Waals surface area contributed by atoms with E-state index in [2.05, 4.69) is 29.6 Å². The summed E-state index contributed by atoms with van der Waals surface area (Å²) in [6, 6.07) is 18.6. The second kappa shape index (κ2) is 8.58. The summed E-state index contributed by atoms with van der Waals surface area (Å²) in [5, 5.41) is 3.38. The Morgan fingerprint density at radius 1 is 0.931 bits per heavy atom. The summed E-state index contributed by atoms with van der Waals surface area (Å²) in [6.07, 6.45) is 6.11. The predicted octanol–water partition coefficient (Wildman–Crippen LogP) is 4.37. The third-order valence-corrected chi connectivity index (χ3v) is 6.96. The number of nitrogens with one attached hydrogen (secondary N) is 1. The summed E-state index contributed by atoms with van der Waals surface area (Å²) in [7, 11) is 1.69. The van der Waals surface area contributed by atoms with E-state index in [0.717, 1.165) is 37.0 Å². The molecule has 0 unspecified atom stereocenters. The van der Waals surface area contributed by atoms with Crippen LogP contribution in [0.3, 0.4) is 0 Å². The van der Waals surface area contributed by atoms with Gasteiger partial charge in [-0.2, -0.15) is 0 Å². The lowest BCUT2D eigenvalue weighted by Crippen LogP contribution is -2.51. The Kier molecular flexibility index (Phi) is 5.91. The van der Waals surface area contributed by atoms with Crippen LogP contribution in [0.4, 0.5) is 0 Å². The van der Waals surface area contributed by atoms with Crippen molar-refractivity contribution in [3.63, 3.8) is 0 Å². The molecular formula is C25H31NO3. The average molecular weight is 394 g/mol. The maximum Gasteiger partial charge on any atom is 0.230 e. The second-order valence-electron chi connectivity index (χ2n) is 8.46. The van der Waals surface area contributed by atoms with Gasteiger partial charge >= 0.3 is 0 Å². The highest BCUT2D eigenvalue weighted by Crippen LogP contribution is 2.42. The van der Waals surface area contributed by atoms with E-state index in [-0.39, 0.29) is 11.3 Å². The van der Waals surface area contributed by atoms with Crippen LogP contribution < -0.4 is 10.1 Å². The molecule has 1 heterocycles. The van der Waals surface area contributed by atoms with Crippen molar-refractivity contribution < 1.29 is 14.3 Å². The Morgan fingerprint density at radius 2 is 1.59 bits per heavy atom. The summed E-state index contributed by atoms with van der Waals surface area (Å²) in [5.74, 6) is 1.02. The highest BCUT2D eigenvalue weighted by Gasteiger charge is 2.43. The van der Waals surface area contributed by atoms with Crippen molar-refractivity contribution in [3.05, 3.63) is 65.7 Å². The number of carbonyl (C=O) groups is 1. The second-order valence-corrected chi connectivity index (χ2v) is 8.46. The fourth-order valence-corrected chi connectivity index (χ4v) is 5.11. The number of carbonyl (C=O) groups excluding carboxylic acids is 1. The SMILES string of the molecule is COc1ccc(C2(CNC(=O)C3(c4ccccc4)CCOCC3)CCCC2)cc1. The molecule has 0 spiro atoms. The minimum absolute atomic E-state index is 0.0188. The molecule has 4 rings (SSSR count). The summed E-state index contributed by atoms with van der Waals surface area (Å²) in [4.78, 5) is 13.6. The summed E-state index contributed by atoms with van der Waals surface area (Å²) >= 11 is 0. The number of amides is 1. The molecule has 0 radical (unpaired) electrons. The lowest BCUT2D eigenvalue weighted by atomic mass is 9.72. The molecular weight excluding hydrogens is 362 g/mol. The topological polar surface area (TPSA) is 47.6 Å². The lowest BCUT2D eigenvalue weighted by molar-refractivity contribution is -0.130. The van der Waals surface area contributed by atoms with Crippen molar-refractivity contribution in [1.29, 1.82) is 0 Å². The largest absolute Gasteiger partial charge is 0.497 e. The van der Waals surface area contributed by atoms with Crippen LogP contribution in [0.2, 0.25) is 0 Å². The van der Waals surface area contributed by atoms with Gasteiger partial charge in [0.25, 0.3) is 0 Å². The molecule has 0 atom stereocenters. The molecule has 1 N–H and O–H groups in total. The maximum absolute atomic E-state index is 13.6. The minimum Gasteiger partial charge on any atom is -0.497 e. The number of methoxy groups -OCH3 is 1. The van der Waals surface area contributed by atoms with Crippen molar-refractivity contribution in [2.45, 2.75) is 49.4 Å². The highest BCUT2D eigenvalue weighted by molar-refractivity contribution is 5.88. The van der Waals surface area contributed by atoms with Crippen molar-refractivity contribution in [1.82, 2.24) is 5.32 Å². The van der Waals surface area contributed by atoms with Gasteiger partial charge in [-0.1, -0.05) is 55.3 Å². The molecule has 154 valence electrons. The van der Waals surface area contributed by atoms with Gasteiger partial charge in [0.15, 0.2) is 0 Å². The molecule has 29 heavy (non-hydrogen) atoms. The van der Waals surface area contributed by atoms with Crippen LogP contribution in [0.15, 0.2) is 54.6 Å². The van der Waals surface area contributed by atoms with Crippen LogP contribution >= 0.6 is 0 Å². The first kappa shape index (κ1) is 20.0. The maximum atomic E-state index is 13.6. The predicted molar refractivity (Wildman–Crippen MR) is 114 cm³/mol. The Hall–Kier alpha value is -2.33. The van der Waals surface area contributed by atoms with Gasteiger partial charge < -0.3 is 14.8 Å². The molecule has 4 nitrogen and oxygen atoms in total. The third-order valence-electron chi connectivity index (χ3n) is 6.96. The summed E-state index contributed by atoms with van der Waals surface area (Å²) in [6.45, 7) is 1.95. The van der Waals surface area contributed by atoms with Crippen LogP contribution in [0.5, 0.6) is 5.75 Å². The molecule has 1 aliphatic heterocycles. The van der Waals surface area contributed by atoms with E-state index in [9.17, 15) is 4.79 Å². The van der Waals surface area contributed by atoms with Gasteiger partial charge in [0, 0.05) is 25.2 Å². The quantitative estimate of drug-likeness (QED) is 0.793. The number of ether oxygens (including phenoxy) is 2. The molecule has 1 saturated carbocycles. The molecule has 2 aromatic rings. The van der Waals surface area contributed by atoms with Crippen molar-refractivity contribution in [2.24, 2.45) is 0 Å². The molecule has 2 aromatic carbocycles. The van der Waals surface area contributed by atoms with Crippen LogP contribution in [-0.2, 0) is 20.4 Å². The zero-order chi connectivity index (χ0) is 20.2. The standard InChI is InChI=1S/C25H31NO3/c1-28-22-11-9-20(10-12-22)24(13-5-6-14-24)19-26-23(27)25(15-17-29-18-16-25)21-7-3-2-4-8-21/h2-4,7-12H,5-6,13-19H2,1H3,(H,26,27). The Labute approximate surface area is 173 Å². The fraction of sp³-hybridized carbons (Fsp3) is 0.480. The molecule has 2 fully saturated rings. The minimum atomic E-state index is -0.487. The van der Waals surface area contributed by atoms with Gasteiger partial charge in [0.05, 0.1) is 12.5 Å². The normalized spacial score (nSPS) is 20.2. The third kappa shape index (κ3) is 3.91. The smallest absolute Gasteiger partial charge is 0.230 e. The van der Waals surface area contributed by atoms with E-state index in [4.69, 9.17) is 9.47 Å². The number of rotatable bonds is 6. The van der Waals surface area contributed by atoms with Gasteiger partial charge in [-0.3, -0.25) is 4.79 Å². The van der Waals surface area contributed by atoms with Crippen molar-refractivity contribution >= 4 is 5.91 Å². The van der Waals surface area contributed by atoms with E-state index in [1.54, 1.807) is 7.11 Å². The van der Waals surface area contributed by atoms with Gasteiger partial charge in [0.2, 0.25) is 5.91 Å². The molecule has 1 amide bonds. The molecule has 4 heteroatoms. The molecule has 1 saturated heterocycles. The van der Waals surface area contributed by atoms with Crippen molar-refractivity contribution in [3.8, 4) is 5.75 Å². The van der Waals surface area contributed by atoms with Gasteiger partial charge in [-0.15, -0.1) is 0 Å². The average Bonchev–Trinajstić information content (AvgIpc) is 3.29. The van der Waals surface area contributed by atoms with Crippen LogP contribution in [0.25, 0.3) is 0 Å². The van der Waals surface area contributed by atoms with Gasteiger partial charge in [0.1, 0.15) is 5.75 Å². The van der Waals surface area contributed by atoms with E-state index in [1.807, 2.05) is 30.3 Å². The number of hydrogen-bond acceptors (Lipinski definition) is 3. The Morgan fingerprint density at radius 3 is 2.21 bits per heavy atom. The number of benzene rings is 2. The lowest BCUT2D eigenvalue weighted by Gasteiger charge is -2.38.